The fraction of sp³-hybridized carbons (Fsp3) is 0.385. The van der Waals surface area contributed by atoms with Crippen molar-refractivity contribution in [3.8, 4) is 0 Å². The normalized spacial score (nSPS) is 28.9. The molecule has 3 nitrogen and oxygen atoms in total. The Balaban J connectivity index is 1.95. The summed E-state index contributed by atoms with van der Waals surface area (Å²) >= 11 is 1.69. The van der Waals surface area contributed by atoms with Crippen molar-refractivity contribution in [2.24, 2.45) is 0 Å². The van der Waals surface area contributed by atoms with Crippen LogP contribution in [0.15, 0.2) is 29.6 Å². The molecule has 0 radical (unpaired) electrons. The summed E-state index contributed by atoms with van der Waals surface area (Å²) in [6.07, 6.45) is -0.549. The summed E-state index contributed by atoms with van der Waals surface area (Å²) < 4.78 is 6.91. The highest BCUT2D eigenvalue weighted by atomic mass is 32.1. The van der Waals surface area contributed by atoms with Crippen molar-refractivity contribution in [2.75, 3.05) is 6.61 Å². The van der Waals surface area contributed by atoms with Crippen LogP contribution < -0.4 is 0 Å². The van der Waals surface area contributed by atoms with Gasteiger partial charge in [0.25, 0.3) is 0 Å². The Labute approximate surface area is 103 Å². The SMILES string of the molecule is OC[C@H]1O[C@@H](c2csc3ccccc23)C[C@@H]1O. The van der Waals surface area contributed by atoms with Gasteiger partial charge in [-0.1, -0.05) is 18.2 Å². The Bertz CT molecular complexity index is 522. The van der Waals surface area contributed by atoms with Crippen LogP contribution in [0.25, 0.3) is 10.1 Å². The van der Waals surface area contributed by atoms with Crippen molar-refractivity contribution < 1.29 is 14.9 Å². The molecule has 0 aliphatic carbocycles. The van der Waals surface area contributed by atoms with Crippen molar-refractivity contribution in [3.05, 3.63) is 35.2 Å². The predicted molar refractivity (Wildman–Crippen MR) is 67.1 cm³/mol. The Hall–Kier alpha value is -0.940. The van der Waals surface area contributed by atoms with E-state index in [1.165, 1.54) is 10.1 Å². The van der Waals surface area contributed by atoms with E-state index in [0.29, 0.717) is 6.42 Å². The second-order valence-electron chi connectivity index (χ2n) is 4.34. The van der Waals surface area contributed by atoms with Gasteiger partial charge in [-0.15, -0.1) is 11.3 Å². The summed E-state index contributed by atoms with van der Waals surface area (Å²) in [4.78, 5) is 0. The fourth-order valence-electron chi connectivity index (χ4n) is 2.34. The van der Waals surface area contributed by atoms with E-state index >= 15 is 0 Å². The topological polar surface area (TPSA) is 49.7 Å². The molecule has 3 rings (SSSR count). The van der Waals surface area contributed by atoms with E-state index in [2.05, 4.69) is 17.5 Å². The molecule has 0 unspecified atom stereocenters. The minimum Gasteiger partial charge on any atom is -0.394 e. The zero-order valence-electron chi connectivity index (χ0n) is 9.24. The number of hydrogen-bond acceptors (Lipinski definition) is 4. The number of rotatable bonds is 2. The number of fused-ring (bicyclic) bond motifs is 1. The third-order valence-electron chi connectivity index (χ3n) is 3.26. The molecular formula is C13H14O3S. The maximum Gasteiger partial charge on any atom is 0.107 e. The number of aliphatic hydroxyl groups excluding tert-OH is 2. The number of ether oxygens (including phenoxy) is 1. The molecule has 0 bridgehead atoms. The van der Waals surface area contributed by atoms with E-state index in [4.69, 9.17) is 9.84 Å². The molecule has 0 amide bonds. The minimum absolute atomic E-state index is 0.0988. The first-order valence-electron chi connectivity index (χ1n) is 5.70. The first-order chi connectivity index (χ1) is 8.29. The van der Waals surface area contributed by atoms with Crippen LogP contribution in [0, 0.1) is 0 Å². The summed E-state index contributed by atoms with van der Waals surface area (Å²) in [6, 6.07) is 8.18. The average molecular weight is 250 g/mol. The van der Waals surface area contributed by atoms with Crippen LogP contribution in [-0.4, -0.2) is 29.0 Å². The number of benzene rings is 1. The Kier molecular flexibility index (Phi) is 2.88. The van der Waals surface area contributed by atoms with Crippen LogP contribution >= 0.6 is 11.3 Å². The first-order valence-corrected chi connectivity index (χ1v) is 6.58. The third-order valence-corrected chi connectivity index (χ3v) is 4.24. The summed E-state index contributed by atoms with van der Waals surface area (Å²) in [6.45, 7) is -0.125. The maximum atomic E-state index is 9.75. The molecule has 1 aliphatic heterocycles. The van der Waals surface area contributed by atoms with Crippen LogP contribution in [0.2, 0.25) is 0 Å². The third kappa shape index (κ3) is 1.87. The highest BCUT2D eigenvalue weighted by Gasteiger charge is 2.35. The largest absolute Gasteiger partial charge is 0.394 e. The second kappa shape index (κ2) is 4.38. The lowest BCUT2D eigenvalue weighted by Gasteiger charge is -2.11. The van der Waals surface area contributed by atoms with Crippen molar-refractivity contribution in [1.29, 1.82) is 0 Å². The van der Waals surface area contributed by atoms with E-state index < -0.39 is 12.2 Å². The monoisotopic (exact) mass is 250 g/mol. The lowest BCUT2D eigenvalue weighted by Crippen LogP contribution is -2.24. The fourth-order valence-corrected chi connectivity index (χ4v) is 3.34. The van der Waals surface area contributed by atoms with Crippen LogP contribution in [0.5, 0.6) is 0 Å². The van der Waals surface area contributed by atoms with Gasteiger partial charge in [-0.3, -0.25) is 0 Å². The van der Waals surface area contributed by atoms with Crippen LogP contribution in [-0.2, 0) is 4.74 Å². The van der Waals surface area contributed by atoms with Crippen molar-refractivity contribution >= 4 is 21.4 Å². The maximum absolute atomic E-state index is 9.75. The molecule has 0 saturated carbocycles. The first kappa shape index (κ1) is 11.2. The lowest BCUT2D eigenvalue weighted by molar-refractivity contribution is -0.0221. The molecule has 4 heteroatoms. The van der Waals surface area contributed by atoms with Crippen LogP contribution in [0.3, 0.4) is 0 Å². The average Bonchev–Trinajstić information content (AvgIpc) is 2.92. The van der Waals surface area contributed by atoms with Gasteiger partial charge < -0.3 is 14.9 Å². The Morgan fingerprint density at radius 2 is 2.18 bits per heavy atom. The molecule has 3 atom stereocenters. The molecule has 1 aromatic heterocycles. The van der Waals surface area contributed by atoms with Crippen LogP contribution in [0.4, 0.5) is 0 Å². The van der Waals surface area contributed by atoms with Crippen molar-refractivity contribution in [3.63, 3.8) is 0 Å². The Morgan fingerprint density at radius 1 is 1.35 bits per heavy atom. The highest BCUT2D eigenvalue weighted by Crippen LogP contribution is 2.39. The second-order valence-corrected chi connectivity index (χ2v) is 5.25. The van der Waals surface area contributed by atoms with Crippen LogP contribution in [0.1, 0.15) is 18.1 Å². The van der Waals surface area contributed by atoms with E-state index in [9.17, 15) is 5.11 Å². The standard InChI is InChI=1S/C13H14O3S/c14-6-12-10(15)5-11(16-12)9-7-17-13-4-2-1-3-8(9)13/h1-4,7,10-12,14-15H,5-6H2/t10-,11+,12+/m0/s1. The van der Waals surface area contributed by atoms with E-state index in [-0.39, 0.29) is 12.7 Å². The van der Waals surface area contributed by atoms with Gasteiger partial charge in [0.1, 0.15) is 6.10 Å². The zero-order valence-corrected chi connectivity index (χ0v) is 10.1. The number of thiophene rings is 1. The van der Waals surface area contributed by atoms with Gasteiger partial charge in [0.2, 0.25) is 0 Å². The molecule has 1 fully saturated rings. The molecule has 2 heterocycles. The van der Waals surface area contributed by atoms with Gasteiger partial charge in [-0.25, -0.2) is 0 Å². The van der Waals surface area contributed by atoms with Gasteiger partial charge >= 0.3 is 0 Å². The summed E-state index contributed by atoms with van der Waals surface area (Å²) in [5.41, 5.74) is 1.13. The van der Waals surface area contributed by atoms with Crippen molar-refractivity contribution in [2.45, 2.75) is 24.7 Å². The van der Waals surface area contributed by atoms with Gasteiger partial charge in [-0.05, 0) is 22.4 Å². The van der Waals surface area contributed by atoms with Crippen molar-refractivity contribution in [1.82, 2.24) is 0 Å². The molecule has 2 N–H and O–H groups in total. The Morgan fingerprint density at radius 3 is 2.94 bits per heavy atom. The summed E-state index contributed by atoms with van der Waals surface area (Å²) in [5.74, 6) is 0. The molecule has 1 saturated heterocycles. The number of hydrogen-bond donors (Lipinski definition) is 2. The quantitative estimate of drug-likeness (QED) is 0.858. The molecular weight excluding hydrogens is 236 g/mol. The summed E-state index contributed by atoms with van der Waals surface area (Å²) in [5, 5.41) is 22.1. The van der Waals surface area contributed by atoms with Gasteiger partial charge in [0, 0.05) is 11.1 Å². The molecule has 17 heavy (non-hydrogen) atoms. The van der Waals surface area contributed by atoms with Gasteiger partial charge in [0.05, 0.1) is 18.8 Å². The summed E-state index contributed by atoms with van der Waals surface area (Å²) in [7, 11) is 0. The lowest BCUT2D eigenvalue weighted by atomic mass is 10.0. The van der Waals surface area contributed by atoms with E-state index in [1.807, 2.05) is 12.1 Å². The van der Waals surface area contributed by atoms with Gasteiger partial charge in [-0.2, -0.15) is 0 Å². The molecule has 90 valence electrons. The molecule has 1 aliphatic rings. The number of aliphatic hydroxyl groups is 2. The molecule has 1 aromatic carbocycles. The van der Waals surface area contributed by atoms with E-state index in [1.54, 1.807) is 11.3 Å². The molecule has 2 aromatic rings. The highest BCUT2D eigenvalue weighted by molar-refractivity contribution is 7.17. The molecule has 0 spiro atoms. The predicted octanol–water partition coefficient (Wildman–Crippen LogP) is 2.08. The smallest absolute Gasteiger partial charge is 0.107 e. The van der Waals surface area contributed by atoms with E-state index in [0.717, 1.165) is 5.56 Å². The minimum atomic E-state index is -0.566. The van der Waals surface area contributed by atoms with Gasteiger partial charge in [0.15, 0.2) is 0 Å². The zero-order chi connectivity index (χ0) is 11.8.